The summed E-state index contributed by atoms with van der Waals surface area (Å²) in [5.74, 6) is 0.320. The van der Waals surface area contributed by atoms with Crippen LogP contribution in [0.5, 0.6) is 0 Å². The molecular weight excluding hydrogens is 168 g/mol. The third-order valence-electron chi connectivity index (χ3n) is 1.46. The van der Waals surface area contributed by atoms with Gasteiger partial charge in [-0.2, -0.15) is 0 Å². The fourth-order valence-corrected chi connectivity index (χ4v) is 0.979. The lowest BCUT2D eigenvalue weighted by atomic mass is 10.2. The minimum absolute atomic E-state index is 0.0193. The summed E-state index contributed by atoms with van der Waals surface area (Å²) in [6.45, 7) is 1.86. The average molecular weight is 180 g/mol. The van der Waals surface area contributed by atoms with E-state index in [1.165, 1.54) is 0 Å². The third-order valence-corrected chi connectivity index (χ3v) is 1.46. The van der Waals surface area contributed by atoms with E-state index in [0.717, 1.165) is 0 Å². The fraction of sp³-hybridized carbons (Fsp3) is 0.375. The van der Waals surface area contributed by atoms with E-state index in [1.807, 2.05) is 6.92 Å². The van der Waals surface area contributed by atoms with Crippen LogP contribution in [0.25, 0.3) is 0 Å². The zero-order valence-electron chi connectivity index (χ0n) is 7.40. The molecule has 3 N–H and O–H groups in total. The van der Waals surface area contributed by atoms with E-state index < -0.39 is 0 Å². The lowest BCUT2D eigenvalue weighted by Gasteiger charge is -2.11. The molecule has 5 nitrogen and oxygen atoms in total. The van der Waals surface area contributed by atoms with E-state index in [9.17, 15) is 4.79 Å². The second kappa shape index (κ2) is 4.39. The fourth-order valence-electron chi connectivity index (χ4n) is 0.979. The van der Waals surface area contributed by atoms with Crippen molar-refractivity contribution in [2.75, 3.05) is 5.32 Å². The SMILES string of the molecule is CC(CC(N)=O)Nc1cnccn1. The van der Waals surface area contributed by atoms with Gasteiger partial charge in [-0.3, -0.25) is 9.78 Å². The largest absolute Gasteiger partial charge is 0.370 e. The maximum Gasteiger partial charge on any atom is 0.219 e. The predicted octanol–water partition coefficient (Wildman–Crippen LogP) is 0.152. The van der Waals surface area contributed by atoms with Gasteiger partial charge in [-0.1, -0.05) is 0 Å². The Hall–Kier alpha value is -1.65. The van der Waals surface area contributed by atoms with Crippen molar-refractivity contribution >= 4 is 11.7 Å². The maximum atomic E-state index is 10.5. The molecule has 1 heterocycles. The first-order chi connectivity index (χ1) is 6.18. The Kier molecular flexibility index (Phi) is 3.19. The Morgan fingerprint density at radius 2 is 2.46 bits per heavy atom. The van der Waals surface area contributed by atoms with Gasteiger partial charge >= 0.3 is 0 Å². The van der Waals surface area contributed by atoms with Crippen molar-refractivity contribution < 1.29 is 4.79 Å². The molecule has 0 fully saturated rings. The maximum absolute atomic E-state index is 10.5. The number of carbonyl (C=O) groups excluding carboxylic acids is 1. The van der Waals surface area contributed by atoms with Gasteiger partial charge in [0, 0.05) is 24.9 Å². The van der Waals surface area contributed by atoms with Crippen LogP contribution < -0.4 is 11.1 Å². The van der Waals surface area contributed by atoms with Gasteiger partial charge < -0.3 is 11.1 Å². The van der Waals surface area contributed by atoms with Crippen LogP contribution >= 0.6 is 0 Å². The first kappa shape index (κ1) is 9.44. The molecule has 1 atom stereocenters. The van der Waals surface area contributed by atoms with Gasteiger partial charge in [0.05, 0.1) is 6.20 Å². The van der Waals surface area contributed by atoms with Crippen molar-refractivity contribution in [2.24, 2.45) is 5.73 Å². The third kappa shape index (κ3) is 3.50. The minimum atomic E-state index is -0.330. The number of primary amides is 1. The number of anilines is 1. The van der Waals surface area contributed by atoms with Crippen molar-refractivity contribution in [1.29, 1.82) is 0 Å². The molecule has 0 spiro atoms. The van der Waals surface area contributed by atoms with Gasteiger partial charge in [-0.25, -0.2) is 4.98 Å². The number of hydrogen-bond acceptors (Lipinski definition) is 4. The highest BCUT2D eigenvalue weighted by Crippen LogP contribution is 2.02. The summed E-state index contributed by atoms with van der Waals surface area (Å²) in [6, 6.07) is -0.0193. The van der Waals surface area contributed by atoms with E-state index in [4.69, 9.17) is 5.73 Å². The summed E-state index contributed by atoms with van der Waals surface area (Å²) >= 11 is 0. The molecule has 0 aliphatic rings. The molecule has 0 saturated heterocycles. The Balaban J connectivity index is 2.45. The van der Waals surface area contributed by atoms with Gasteiger partial charge in [-0.15, -0.1) is 0 Å². The quantitative estimate of drug-likeness (QED) is 0.691. The predicted molar refractivity (Wildman–Crippen MR) is 48.9 cm³/mol. The van der Waals surface area contributed by atoms with E-state index in [1.54, 1.807) is 18.6 Å². The average Bonchev–Trinajstić information content (AvgIpc) is 2.04. The number of nitrogens with one attached hydrogen (secondary N) is 1. The zero-order chi connectivity index (χ0) is 9.68. The van der Waals surface area contributed by atoms with E-state index in [-0.39, 0.29) is 18.4 Å². The number of rotatable bonds is 4. The van der Waals surface area contributed by atoms with E-state index in [0.29, 0.717) is 5.82 Å². The number of hydrogen-bond donors (Lipinski definition) is 2. The molecule has 1 aromatic heterocycles. The Bertz CT molecular complexity index is 275. The molecule has 0 aromatic carbocycles. The van der Waals surface area contributed by atoms with Gasteiger partial charge in [-0.05, 0) is 6.92 Å². The number of nitrogens with two attached hydrogens (primary N) is 1. The van der Waals surface area contributed by atoms with E-state index >= 15 is 0 Å². The molecule has 1 unspecified atom stereocenters. The molecule has 0 aliphatic heterocycles. The highest BCUT2D eigenvalue weighted by Gasteiger charge is 2.05. The molecule has 0 aliphatic carbocycles. The van der Waals surface area contributed by atoms with Crippen LogP contribution in [0, 0.1) is 0 Å². The standard InChI is InChI=1S/C8H12N4O/c1-6(4-7(9)13)12-8-5-10-2-3-11-8/h2-3,5-6H,4H2,1H3,(H2,9,13)(H,11,12). The normalized spacial score (nSPS) is 12.1. The summed E-state index contributed by atoms with van der Waals surface area (Å²) in [7, 11) is 0. The van der Waals surface area contributed by atoms with Gasteiger partial charge in [0.1, 0.15) is 5.82 Å². The topological polar surface area (TPSA) is 80.9 Å². The molecule has 0 radical (unpaired) electrons. The van der Waals surface area contributed by atoms with Crippen LogP contribution in [0.1, 0.15) is 13.3 Å². The first-order valence-corrected chi connectivity index (χ1v) is 3.99. The molecule has 0 saturated carbocycles. The molecule has 5 heteroatoms. The van der Waals surface area contributed by atoms with Crippen LogP contribution in [-0.4, -0.2) is 21.9 Å². The Labute approximate surface area is 76.4 Å². The Morgan fingerprint density at radius 1 is 1.69 bits per heavy atom. The Morgan fingerprint density at radius 3 is 3.00 bits per heavy atom. The zero-order valence-corrected chi connectivity index (χ0v) is 7.40. The number of amides is 1. The van der Waals surface area contributed by atoms with Crippen LogP contribution in [0.4, 0.5) is 5.82 Å². The summed E-state index contributed by atoms with van der Waals surface area (Å²) in [4.78, 5) is 18.4. The van der Waals surface area contributed by atoms with Crippen LogP contribution in [0.3, 0.4) is 0 Å². The monoisotopic (exact) mass is 180 g/mol. The molecule has 70 valence electrons. The first-order valence-electron chi connectivity index (χ1n) is 3.99. The minimum Gasteiger partial charge on any atom is -0.370 e. The summed E-state index contributed by atoms with van der Waals surface area (Å²) in [5, 5.41) is 3.00. The van der Waals surface area contributed by atoms with Crippen molar-refractivity contribution in [1.82, 2.24) is 9.97 Å². The molecule has 1 amide bonds. The summed E-state index contributed by atoms with van der Waals surface area (Å²) in [6.07, 6.45) is 5.05. The number of aromatic nitrogens is 2. The van der Waals surface area contributed by atoms with Gasteiger partial charge in [0.25, 0.3) is 0 Å². The van der Waals surface area contributed by atoms with Crippen molar-refractivity contribution in [2.45, 2.75) is 19.4 Å². The summed E-state index contributed by atoms with van der Waals surface area (Å²) < 4.78 is 0. The smallest absolute Gasteiger partial charge is 0.219 e. The second-order valence-electron chi connectivity index (χ2n) is 2.81. The highest BCUT2D eigenvalue weighted by molar-refractivity contribution is 5.74. The van der Waals surface area contributed by atoms with Crippen molar-refractivity contribution in [3.05, 3.63) is 18.6 Å². The molecular formula is C8H12N4O. The summed E-state index contributed by atoms with van der Waals surface area (Å²) in [5.41, 5.74) is 5.03. The second-order valence-corrected chi connectivity index (χ2v) is 2.81. The van der Waals surface area contributed by atoms with Crippen LogP contribution in [-0.2, 0) is 4.79 Å². The molecule has 1 rings (SSSR count). The van der Waals surface area contributed by atoms with Crippen molar-refractivity contribution in [3.8, 4) is 0 Å². The van der Waals surface area contributed by atoms with Crippen LogP contribution in [0.15, 0.2) is 18.6 Å². The van der Waals surface area contributed by atoms with E-state index in [2.05, 4.69) is 15.3 Å². The van der Waals surface area contributed by atoms with Crippen molar-refractivity contribution in [3.63, 3.8) is 0 Å². The van der Waals surface area contributed by atoms with Crippen LogP contribution in [0.2, 0.25) is 0 Å². The van der Waals surface area contributed by atoms with Gasteiger partial charge in [0.15, 0.2) is 0 Å². The highest BCUT2D eigenvalue weighted by atomic mass is 16.1. The number of carbonyl (C=O) groups is 1. The lowest BCUT2D eigenvalue weighted by molar-refractivity contribution is -0.118. The lowest BCUT2D eigenvalue weighted by Crippen LogP contribution is -2.24. The van der Waals surface area contributed by atoms with Gasteiger partial charge in [0.2, 0.25) is 5.91 Å². The molecule has 13 heavy (non-hydrogen) atoms. The molecule has 0 bridgehead atoms. The molecule has 1 aromatic rings. The number of nitrogens with zero attached hydrogens (tertiary/aromatic N) is 2.